The lowest BCUT2D eigenvalue weighted by molar-refractivity contribution is -0.150. The molecule has 182 valence electrons. The van der Waals surface area contributed by atoms with Crippen molar-refractivity contribution >= 4 is 23.7 Å². The summed E-state index contributed by atoms with van der Waals surface area (Å²) in [5, 5.41) is 24.2. The molecule has 0 aromatic heterocycles. The van der Waals surface area contributed by atoms with E-state index < -0.39 is 54.5 Å². The normalized spacial score (nSPS) is 19.3. The number of nitrogens with one attached hydrogen (secondary N) is 2. The van der Waals surface area contributed by atoms with Crippen molar-refractivity contribution in [2.75, 3.05) is 13.2 Å². The minimum atomic E-state index is -1.31. The summed E-state index contributed by atoms with van der Waals surface area (Å²) in [4.78, 5) is 51.1. The summed E-state index contributed by atoms with van der Waals surface area (Å²) < 4.78 is 0. The molecular weight excluding hydrogens is 428 g/mol. The number of aliphatic carboxylic acids is 1. The van der Waals surface area contributed by atoms with Crippen molar-refractivity contribution < 1.29 is 29.4 Å². The lowest BCUT2D eigenvalue weighted by atomic mass is 9.97. The van der Waals surface area contributed by atoms with Gasteiger partial charge >= 0.3 is 5.97 Å². The molecule has 5 atom stereocenters. The third kappa shape index (κ3) is 7.00. The number of benzene rings is 1. The highest BCUT2D eigenvalue weighted by Gasteiger charge is 2.38. The fourth-order valence-corrected chi connectivity index (χ4v) is 3.86. The summed E-state index contributed by atoms with van der Waals surface area (Å²) in [6.07, 6.45) is 1.71. The third-order valence-electron chi connectivity index (χ3n) is 6.05. The predicted molar refractivity (Wildman–Crippen MR) is 121 cm³/mol. The largest absolute Gasteiger partial charge is 0.480 e. The molecule has 33 heavy (non-hydrogen) atoms. The van der Waals surface area contributed by atoms with Crippen LogP contribution in [0.5, 0.6) is 0 Å². The van der Waals surface area contributed by atoms with Crippen molar-refractivity contribution in [3.8, 4) is 0 Å². The number of amides is 3. The number of nitrogens with zero attached hydrogens (tertiary/aromatic N) is 1. The molecule has 0 bridgehead atoms. The number of carboxylic acid groups (broad SMARTS) is 1. The van der Waals surface area contributed by atoms with Crippen LogP contribution in [0.4, 0.5) is 0 Å². The molecule has 0 aliphatic carbocycles. The molecule has 1 aromatic rings. The molecule has 1 heterocycles. The first kappa shape index (κ1) is 26.3. The Balaban J connectivity index is 2.06. The molecule has 3 amide bonds. The van der Waals surface area contributed by atoms with Gasteiger partial charge in [-0.2, -0.15) is 0 Å². The predicted octanol–water partition coefficient (Wildman–Crippen LogP) is -0.360. The Kier molecular flexibility index (Phi) is 9.80. The Morgan fingerprint density at radius 2 is 1.82 bits per heavy atom. The van der Waals surface area contributed by atoms with E-state index in [9.17, 15) is 29.4 Å². The molecule has 0 spiro atoms. The zero-order valence-electron chi connectivity index (χ0n) is 19.1. The quantitative estimate of drug-likeness (QED) is 0.300. The zero-order valence-corrected chi connectivity index (χ0v) is 19.1. The first-order valence-electron chi connectivity index (χ1n) is 11.2. The fourth-order valence-electron chi connectivity index (χ4n) is 3.86. The number of aliphatic hydroxyl groups is 1. The Labute approximate surface area is 193 Å². The Morgan fingerprint density at radius 1 is 1.15 bits per heavy atom. The first-order valence-corrected chi connectivity index (χ1v) is 11.2. The maximum Gasteiger partial charge on any atom is 0.326 e. The standard InChI is InChI=1S/C23H34N4O6/c1-3-14(2)19(26-20(29)16(24)12-15-8-5-4-6-9-15)21(30)25-17(13-28)22(31)27-11-7-10-18(27)23(32)33/h4-6,8-9,14,16-19,28H,3,7,10-13,24H2,1-2H3,(H,25,30)(H,26,29)(H,32,33). The fraction of sp³-hybridized carbons (Fsp3) is 0.565. The van der Waals surface area contributed by atoms with E-state index in [1.54, 1.807) is 6.92 Å². The van der Waals surface area contributed by atoms with Crippen LogP contribution in [0.15, 0.2) is 30.3 Å². The number of hydrogen-bond donors (Lipinski definition) is 5. The number of carbonyl (C=O) groups is 4. The van der Waals surface area contributed by atoms with Crippen LogP contribution in [-0.2, 0) is 25.6 Å². The van der Waals surface area contributed by atoms with Crippen LogP contribution in [0, 0.1) is 5.92 Å². The van der Waals surface area contributed by atoms with Gasteiger partial charge in [-0.15, -0.1) is 0 Å². The van der Waals surface area contributed by atoms with Gasteiger partial charge in [0.25, 0.3) is 0 Å². The highest BCUT2D eigenvalue weighted by atomic mass is 16.4. The summed E-state index contributed by atoms with van der Waals surface area (Å²) in [6, 6.07) is 5.12. The molecule has 10 heteroatoms. The van der Waals surface area contributed by atoms with Crippen LogP contribution >= 0.6 is 0 Å². The second-order valence-electron chi connectivity index (χ2n) is 8.44. The average molecular weight is 463 g/mol. The van der Waals surface area contributed by atoms with E-state index in [0.717, 1.165) is 10.5 Å². The number of likely N-dealkylation sites (tertiary alicyclic amines) is 1. The molecular formula is C23H34N4O6. The third-order valence-corrected chi connectivity index (χ3v) is 6.05. The molecule has 6 N–H and O–H groups in total. The first-order chi connectivity index (χ1) is 15.7. The Hall–Kier alpha value is -2.98. The van der Waals surface area contributed by atoms with Crippen molar-refractivity contribution in [1.29, 1.82) is 0 Å². The van der Waals surface area contributed by atoms with E-state index in [-0.39, 0.29) is 12.5 Å². The van der Waals surface area contributed by atoms with Gasteiger partial charge in [0.1, 0.15) is 18.1 Å². The molecule has 1 fully saturated rings. The van der Waals surface area contributed by atoms with Crippen molar-refractivity contribution in [1.82, 2.24) is 15.5 Å². The van der Waals surface area contributed by atoms with Crippen molar-refractivity contribution in [2.45, 2.75) is 63.7 Å². The average Bonchev–Trinajstić information content (AvgIpc) is 3.30. The van der Waals surface area contributed by atoms with Crippen LogP contribution in [-0.4, -0.2) is 76.1 Å². The summed E-state index contributed by atoms with van der Waals surface area (Å²) in [5.41, 5.74) is 6.92. The topological polar surface area (TPSA) is 162 Å². The maximum absolute atomic E-state index is 13.0. The van der Waals surface area contributed by atoms with Crippen LogP contribution in [0.2, 0.25) is 0 Å². The highest BCUT2D eigenvalue weighted by molar-refractivity contribution is 5.94. The molecule has 1 aliphatic heterocycles. The van der Waals surface area contributed by atoms with Crippen LogP contribution in [0.25, 0.3) is 0 Å². The minimum absolute atomic E-state index is 0.238. The zero-order chi connectivity index (χ0) is 24.5. The number of aliphatic hydroxyl groups excluding tert-OH is 1. The SMILES string of the molecule is CCC(C)C(NC(=O)C(N)Cc1ccccc1)C(=O)NC(CO)C(=O)N1CCCC1C(=O)O. The van der Waals surface area contributed by atoms with Gasteiger partial charge in [0.15, 0.2) is 0 Å². The van der Waals surface area contributed by atoms with E-state index in [0.29, 0.717) is 25.7 Å². The van der Waals surface area contributed by atoms with E-state index in [4.69, 9.17) is 5.73 Å². The van der Waals surface area contributed by atoms with Crippen LogP contribution < -0.4 is 16.4 Å². The smallest absolute Gasteiger partial charge is 0.326 e. The van der Waals surface area contributed by atoms with Crippen LogP contribution in [0.1, 0.15) is 38.7 Å². The second kappa shape index (κ2) is 12.3. The molecule has 5 unspecified atom stereocenters. The van der Waals surface area contributed by atoms with Gasteiger partial charge in [0.2, 0.25) is 17.7 Å². The molecule has 10 nitrogen and oxygen atoms in total. The molecule has 1 saturated heterocycles. The Morgan fingerprint density at radius 3 is 2.39 bits per heavy atom. The van der Waals surface area contributed by atoms with Crippen molar-refractivity contribution in [3.05, 3.63) is 35.9 Å². The van der Waals surface area contributed by atoms with Gasteiger partial charge < -0.3 is 31.5 Å². The van der Waals surface area contributed by atoms with E-state index >= 15 is 0 Å². The summed E-state index contributed by atoms with van der Waals surface area (Å²) >= 11 is 0. The molecule has 1 aliphatic rings. The van der Waals surface area contributed by atoms with Gasteiger partial charge in [0.05, 0.1) is 12.6 Å². The van der Waals surface area contributed by atoms with Gasteiger partial charge in [0, 0.05) is 6.54 Å². The van der Waals surface area contributed by atoms with E-state index in [1.807, 2.05) is 37.3 Å². The van der Waals surface area contributed by atoms with Gasteiger partial charge in [-0.1, -0.05) is 50.6 Å². The monoisotopic (exact) mass is 462 g/mol. The summed E-state index contributed by atoms with van der Waals surface area (Å²) in [6.45, 7) is 3.19. The number of carbonyl (C=O) groups excluding carboxylic acids is 3. The number of carboxylic acids is 1. The van der Waals surface area contributed by atoms with Crippen LogP contribution in [0.3, 0.4) is 0 Å². The van der Waals surface area contributed by atoms with Crippen molar-refractivity contribution in [2.24, 2.45) is 11.7 Å². The second-order valence-corrected chi connectivity index (χ2v) is 8.44. The number of hydrogen-bond acceptors (Lipinski definition) is 6. The lowest BCUT2D eigenvalue weighted by Crippen LogP contribution is -2.59. The summed E-state index contributed by atoms with van der Waals surface area (Å²) in [7, 11) is 0. The molecule has 0 radical (unpaired) electrons. The number of rotatable bonds is 11. The lowest BCUT2D eigenvalue weighted by Gasteiger charge is -2.29. The van der Waals surface area contributed by atoms with E-state index in [1.165, 1.54) is 0 Å². The maximum atomic E-state index is 13.0. The Bertz CT molecular complexity index is 834. The minimum Gasteiger partial charge on any atom is -0.480 e. The summed E-state index contributed by atoms with van der Waals surface area (Å²) in [5.74, 6) is -3.20. The molecule has 2 rings (SSSR count). The van der Waals surface area contributed by atoms with E-state index in [2.05, 4.69) is 10.6 Å². The van der Waals surface area contributed by atoms with Gasteiger partial charge in [-0.25, -0.2) is 4.79 Å². The highest BCUT2D eigenvalue weighted by Crippen LogP contribution is 2.19. The number of nitrogens with two attached hydrogens (primary N) is 1. The molecule has 1 aromatic carbocycles. The van der Waals surface area contributed by atoms with Gasteiger partial charge in [-0.3, -0.25) is 14.4 Å². The van der Waals surface area contributed by atoms with Crippen molar-refractivity contribution in [3.63, 3.8) is 0 Å². The van der Waals surface area contributed by atoms with Gasteiger partial charge in [-0.05, 0) is 30.7 Å². The molecule has 0 saturated carbocycles.